The molecule has 2 N–H and O–H groups in total. The molecule has 0 radical (unpaired) electrons. The molecular weight excluding hydrogens is 414 g/mol. The van der Waals surface area contributed by atoms with Crippen LogP contribution >= 0.6 is 0 Å². The molecule has 0 aromatic heterocycles. The lowest BCUT2D eigenvalue weighted by atomic mass is 9.80. The highest BCUT2D eigenvalue weighted by atomic mass is 19.4. The average molecular weight is 438 g/mol. The lowest BCUT2D eigenvalue weighted by Gasteiger charge is -2.44. The van der Waals surface area contributed by atoms with Crippen molar-refractivity contribution in [1.29, 1.82) is 0 Å². The van der Waals surface area contributed by atoms with E-state index < -0.39 is 35.1 Å². The highest BCUT2D eigenvalue weighted by molar-refractivity contribution is 5.79. The highest BCUT2D eigenvalue weighted by Crippen LogP contribution is 2.38. The van der Waals surface area contributed by atoms with Crippen molar-refractivity contribution < 1.29 is 35.9 Å². The fourth-order valence-electron chi connectivity index (χ4n) is 3.91. The van der Waals surface area contributed by atoms with E-state index in [-0.39, 0.29) is 29.7 Å². The average Bonchev–Trinajstić information content (AvgIpc) is 3.02. The van der Waals surface area contributed by atoms with E-state index in [0.29, 0.717) is 31.5 Å². The summed E-state index contributed by atoms with van der Waals surface area (Å²) in [5.74, 6) is 0.00953. The van der Waals surface area contributed by atoms with Crippen LogP contribution in [0.25, 0.3) is 0 Å². The fraction of sp³-hybridized carbons (Fsp3) is 0.650. The Morgan fingerprint density at radius 1 is 1.03 bits per heavy atom. The Hall–Kier alpha value is -1.81. The SMILES string of the molecule is C[C@@H](OC[C@@]1(C)CC[C@]2(CCC(=O)N2)CN1)c1cc(C(F)(F)F)cc(C(F)(F)F)c1. The Morgan fingerprint density at radius 3 is 2.07 bits per heavy atom. The van der Waals surface area contributed by atoms with Crippen molar-refractivity contribution in [2.24, 2.45) is 0 Å². The van der Waals surface area contributed by atoms with Gasteiger partial charge in [0.1, 0.15) is 0 Å². The van der Waals surface area contributed by atoms with Gasteiger partial charge in [0.05, 0.1) is 29.4 Å². The number of nitrogens with one attached hydrogen (secondary N) is 2. The first kappa shape index (κ1) is 22.9. The van der Waals surface area contributed by atoms with Gasteiger partial charge in [0.15, 0.2) is 0 Å². The highest BCUT2D eigenvalue weighted by Gasteiger charge is 2.44. The molecule has 0 aliphatic carbocycles. The van der Waals surface area contributed by atoms with Gasteiger partial charge in [0.2, 0.25) is 5.91 Å². The Labute approximate surface area is 170 Å². The number of halogens is 6. The van der Waals surface area contributed by atoms with Crippen molar-refractivity contribution in [3.63, 3.8) is 0 Å². The first-order valence-corrected chi connectivity index (χ1v) is 9.69. The molecule has 2 aliphatic rings. The number of carbonyl (C=O) groups is 1. The second-order valence-corrected chi connectivity index (χ2v) is 8.54. The van der Waals surface area contributed by atoms with Crippen molar-refractivity contribution >= 4 is 5.91 Å². The molecule has 0 bridgehead atoms. The van der Waals surface area contributed by atoms with Crippen LogP contribution in [0.4, 0.5) is 26.3 Å². The predicted molar refractivity (Wildman–Crippen MR) is 96.6 cm³/mol. The summed E-state index contributed by atoms with van der Waals surface area (Å²) >= 11 is 0. The summed E-state index contributed by atoms with van der Waals surface area (Å²) in [5.41, 5.74) is -3.69. The lowest BCUT2D eigenvalue weighted by Crippen LogP contribution is -2.62. The van der Waals surface area contributed by atoms with Crippen LogP contribution in [0, 0.1) is 0 Å². The number of ether oxygens (including phenoxy) is 1. The normalized spacial score (nSPS) is 28.6. The Kier molecular flexibility index (Phi) is 5.87. The van der Waals surface area contributed by atoms with Crippen molar-refractivity contribution in [2.75, 3.05) is 13.2 Å². The van der Waals surface area contributed by atoms with Gasteiger partial charge < -0.3 is 15.4 Å². The number of piperidine rings is 1. The Bertz CT molecular complexity index is 765. The molecule has 1 amide bonds. The zero-order valence-corrected chi connectivity index (χ0v) is 16.6. The number of alkyl halides is 6. The number of hydrogen-bond donors (Lipinski definition) is 2. The summed E-state index contributed by atoms with van der Waals surface area (Å²) in [7, 11) is 0. The predicted octanol–water partition coefficient (Wildman–Crippen LogP) is 4.59. The first-order valence-electron chi connectivity index (χ1n) is 9.69. The number of benzene rings is 1. The third-order valence-electron chi connectivity index (χ3n) is 5.98. The maximum absolute atomic E-state index is 13.1. The molecule has 4 nitrogen and oxygen atoms in total. The summed E-state index contributed by atoms with van der Waals surface area (Å²) < 4.78 is 84.1. The van der Waals surface area contributed by atoms with Gasteiger partial charge in [0, 0.05) is 18.5 Å². The maximum atomic E-state index is 13.1. The van der Waals surface area contributed by atoms with Gasteiger partial charge in [-0.1, -0.05) is 0 Å². The molecule has 3 rings (SSSR count). The van der Waals surface area contributed by atoms with Crippen LogP contribution in [0.2, 0.25) is 0 Å². The molecule has 10 heteroatoms. The van der Waals surface area contributed by atoms with Crippen LogP contribution in [0.3, 0.4) is 0 Å². The summed E-state index contributed by atoms with van der Waals surface area (Å²) in [4.78, 5) is 11.5. The summed E-state index contributed by atoms with van der Waals surface area (Å²) in [6.45, 7) is 3.96. The van der Waals surface area contributed by atoms with Crippen molar-refractivity contribution in [1.82, 2.24) is 10.6 Å². The van der Waals surface area contributed by atoms with Gasteiger partial charge >= 0.3 is 12.4 Å². The molecule has 0 saturated carbocycles. The van der Waals surface area contributed by atoms with Gasteiger partial charge in [-0.15, -0.1) is 0 Å². The molecular formula is C20H24F6N2O2. The van der Waals surface area contributed by atoms with Gasteiger partial charge in [-0.3, -0.25) is 4.79 Å². The maximum Gasteiger partial charge on any atom is 0.416 e. The number of rotatable bonds is 4. The van der Waals surface area contributed by atoms with Crippen molar-refractivity contribution in [3.05, 3.63) is 34.9 Å². The van der Waals surface area contributed by atoms with Crippen molar-refractivity contribution in [2.45, 2.75) is 69.1 Å². The van der Waals surface area contributed by atoms with E-state index in [1.807, 2.05) is 6.92 Å². The molecule has 1 aromatic carbocycles. The minimum atomic E-state index is -4.90. The third-order valence-corrected chi connectivity index (χ3v) is 5.98. The van der Waals surface area contributed by atoms with E-state index in [1.165, 1.54) is 6.92 Å². The minimum absolute atomic E-state index is 0.00953. The Morgan fingerprint density at radius 2 is 1.63 bits per heavy atom. The van der Waals surface area contributed by atoms with E-state index in [0.717, 1.165) is 12.8 Å². The van der Waals surface area contributed by atoms with Crippen LogP contribution in [0.1, 0.15) is 62.3 Å². The van der Waals surface area contributed by atoms with Gasteiger partial charge in [0.25, 0.3) is 0 Å². The van der Waals surface area contributed by atoms with Crippen LogP contribution in [0.5, 0.6) is 0 Å². The fourth-order valence-corrected chi connectivity index (χ4v) is 3.91. The summed E-state index contributed by atoms with van der Waals surface area (Å²) in [5, 5.41) is 6.31. The number of carbonyl (C=O) groups excluding carboxylic acids is 1. The van der Waals surface area contributed by atoms with Crippen LogP contribution in [-0.2, 0) is 21.9 Å². The van der Waals surface area contributed by atoms with E-state index in [2.05, 4.69) is 10.6 Å². The van der Waals surface area contributed by atoms with E-state index in [4.69, 9.17) is 4.74 Å². The molecule has 1 spiro atoms. The molecule has 2 heterocycles. The molecule has 2 fully saturated rings. The molecule has 2 aliphatic heterocycles. The molecule has 30 heavy (non-hydrogen) atoms. The first-order chi connectivity index (χ1) is 13.7. The third kappa shape index (κ3) is 5.08. The van der Waals surface area contributed by atoms with E-state index in [9.17, 15) is 31.1 Å². The number of hydrogen-bond acceptors (Lipinski definition) is 3. The zero-order chi connectivity index (χ0) is 22.4. The van der Waals surface area contributed by atoms with E-state index >= 15 is 0 Å². The monoisotopic (exact) mass is 438 g/mol. The molecule has 0 unspecified atom stereocenters. The molecule has 2 saturated heterocycles. The van der Waals surface area contributed by atoms with Crippen LogP contribution < -0.4 is 10.6 Å². The van der Waals surface area contributed by atoms with Crippen LogP contribution in [-0.4, -0.2) is 30.1 Å². The Balaban J connectivity index is 1.69. The van der Waals surface area contributed by atoms with Gasteiger partial charge in [-0.25, -0.2) is 0 Å². The summed E-state index contributed by atoms with van der Waals surface area (Å²) in [6.07, 6.45) is -8.17. The summed E-state index contributed by atoms with van der Waals surface area (Å²) in [6, 6.07) is 1.49. The zero-order valence-electron chi connectivity index (χ0n) is 16.6. The second-order valence-electron chi connectivity index (χ2n) is 8.54. The lowest BCUT2D eigenvalue weighted by molar-refractivity contribution is -0.143. The van der Waals surface area contributed by atoms with Gasteiger partial charge in [-0.05, 0) is 56.9 Å². The smallest absolute Gasteiger partial charge is 0.372 e. The standard InChI is InChI=1S/C20H24F6N2O2/c1-12(13-7-14(19(21,22)23)9-15(8-13)20(24,25)26)30-11-17(2)5-6-18(10-27-17)4-3-16(29)28-18/h7-9,12,27H,3-6,10-11H2,1-2H3,(H,28,29)/t12-,17-,18-/m1/s1. The van der Waals surface area contributed by atoms with Gasteiger partial charge in [-0.2, -0.15) is 26.3 Å². The number of amides is 1. The topological polar surface area (TPSA) is 50.4 Å². The minimum Gasteiger partial charge on any atom is -0.372 e. The second kappa shape index (κ2) is 7.71. The largest absolute Gasteiger partial charge is 0.416 e. The molecule has 168 valence electrons. The van der Waals surface area contributed by atoms with Crippen molar-refractivity contribution in [3.8, 4) is 0 Å². The van der Waals surface area contributed by atoms with E-state index in [1.54, 1.807) is 0 Å². The van der Waals surface area contributed by atoms with Crippen LogP contribution in [0.15, 0.2) is 18.2 Å². The molecule has 3 atom stereocenters. The quantitative estimate of drug-likeness (QED) is 0.676. The molecule has 1 aromatic rings.